The Bertz CT molecular complexity index is 525. The highest BCUT2D eigenvalue weighted by atomic mass is 32.2. The molecule has 0 radical (unpaired) electrons. The Kier molecular flexibility index (Phi) is 5.75. The molecule has 1 atom stereocenters. The number of nitrogens with zero attached hydrogens (tertiary/aromatic N) is 1. The van der Waals surface area contributed by atoms with Crippen LogP contribution >= 0.6 is 0 Å². The van der Waals surface area contributed by atoms with Gasteiger partial charge in [-0.25, -0.2) is 4.72 Å². The number of benzene rings is 1. The summed E-state index contributed by atoms with van der Waals surface area (Å²) in [5, 5.41) is 0. The molecule has 6 heteroatoms. The zero-order valence-corrected chi connectivity index (χ0v) is 13.3. The van der Waals surface area contributed by atoms with Gasteiger partial charge in [0.2, 0.25) is 0 Å². The second-order valence-electron chi connectivity index (χ2n) is 5.74. The smallest absolute Gasteiger partial charge is 0.279 e. The van der Waals surface area contributed by atoms with Crippen molar-refractivity contribution in [2.75, 3.05) is 26.2 Å². The van der Waals surface area contributed by atoms with Crippen LogP contribution in [0.5, 0.6) is 0 Å². The third kappa shape index (κ3) is 4.51. The molecule has 1 heterocycles. The number of hydrogen-bond acceptors (Lipinski definition) is 3. The van der Waals surface area contributed by atoms with Gasteiger partial charge in [0.05, 0.1) is 0 Å². The highest BCUT2D eigenvalue weighted by Crippen LogP contribution is 2.19. The van der Waals surface area contributed by atoms with Crippen molar-refractivity contribution < 1.29 is 8.42 Å². The van der Waals surface area contributed by atoms with Gasteiger partial charge in [-0.3, -0.25) is 0 Å². The van der Waals surface area contributed by atoms with Crippen molar-refractivity contribution in [3.8, 4) is 0 Å². The van der Waals surface area contributed by atoms with Gasteiger partial charge in [-0.1, -0.05) is 37.3 Å². The molecule has 0 aromatic heterocycles. The molecule has 1 fully saturated rings. The molecule has 1 aliphatic rings. The molecular formula is C15H25N3O2S. The maximum atomic E-state index is 12.3. The van der Waals surface area contributed by atoms with Gasteiger partial charge in [0.25, 0.3) is 10.2 Å². The second-order valence-corrected chi connectivity index (χ2v) is 7.50. The maximum Gasteiger partial charge on any atom is 0.279 e. The first-order chi connectivity index (χ1) is 10.0. The summed E-state index contributed by atoms with van der Waals surface area (Å²) in [6, 6.07) is 9.94. The Morgan fingerprint density at radius 3 is 2.48 bits per heavy atom. The molecule has 1 aromatic rings. The zero-order valence-electron chi connectivity index (χ0n) is 12.5. The Morgan fingerprint density at radius 1 is 1.29 bits per heavy atom. The summed E-state index contributed by atoms with van der Waals surface area (Å²) in [5.41, 5.74) is 6.78. The van der Waals surface area contributed by atoms with Crippen molar-refractivity contribution in [1.29, 1.82) is 0 Å². The lowest BCUT2D eigenvalue weighted by atomic mass is 9.99. The normalized spacial score (nSPS) is 19.5. The molecule has 0 bridgehead atoms. The van der Waals surface area contributed by atoms with Gasteiger partial charge in [-0.2, -0.15) is 12.7 Å². The molecule has 1 aromatic carbocycles. The Labute approximate surface area is 127 Å². The topological polar surface area (TPSA) is 75.4 Å². The molecule has 1 saturated heterocycles. The van der Waals surface area contributed by atoms with E-state index in [-0.39, 0.29) is 5.92 Å². The highest BCUT2D eigenvalue weighted by Gasteiger charge is 2.27. The van der Waals surface area contributed by atoms with Crippen LogP contribution in [0.1, 0.15) is 31.2 Å². The van der Waals surface area contributed by atoms with Crippen LogP contribution in [0.4, 0.5) is 0 Å². The number of nitrogens with two attached hydrogens (primary N) is 1. The third-order valence-electron chi connectivity index (χ3n) is 4.19. The van der Waals surface area contributed by atoms with Crippen molar-refractivity contribution in [2.24, 2.45) is 11.7 Å². The van der Waals surface area contributed by atoms with Crippen LogP contribution in [-0.2, 0) is 10.2 Å². The predicted octanol–water partition coefficient (Wildman–Crippen LogP) is 1.30. The number of rotatable bonds is 6. The van der Waals surface area contributed by atoms with Crippen LogP contribution in [0.3, 0.4) is 0 Å². The van der Waals surface area contributed by atoms with E-state index in [4.69, 9.17) is 5.73 Å². The van der Waals surface area contributed by atoms with Gasteiger partial charge in [-0.05, 0) is 36.8 Å². The van der Waals surface area contributed by atoms with Gasteiger partial charge in [-0.15, -0.1) is 0 Å². The number of piperidine rings is 1. The van der Waals surface area contributed by atoms with Crippen LogP contribution in [0.15, 0.2) is 30.3 Å². The minimum Gasteiger partial charge on any atom is -0.330 e. The van der Waals surface area contributed by atoms with Crippen molar-refractivity contribution in [1.82, 2.24) is 9.03 Å². The second kappa shape index (κ2) is 7.35. The molecule has 118 valence electrons. The predicted molar refractivity (Wildman–Crippen MR) is 85.1 cm³/mol. The van der Waals surface area contributed by atoms with Crippen molar-refractivity contribution in [3.05, 3.63) is 35.9 Å². The average molecular weight is 311 g/mol. The molecular weight excluding hydrogens is 286 g/mol. The van der Waals surface area contributed by atoms with Crippen LogP contribution in [0.25, 0.3) is 0 Å². The van der Waals surface area contributed by atoms with E-state index in [0.717, 1.165) is 18.4 Å². The standard InChI is InChI=1S/C15H25N3O2S/c1-13(15-5-3-2-4-6-15)12-17-21(19,20)18-9-7-14(11-16)8-10-18/h2-6,13-14,17H,7-12,16H2,1H3. The molecule has 0 aliphatic carbocycles. The van der Waals surface area contributed by atoms with Crippen LogP contribution < -0.4 is 10.5 Å². The molecule has 5 nitrogen and oxygen atoms in total. The Hall–Kier alpha value is -0.950. The SMILES string of the molecule is CC(CNS(=O)(=O)N1CCC(CN)CC1)c1ccccc1. The number of hydrogen-bond donors (Lipinski definition) is 2. The van der Waals surface area contributed by atoms with Gasteiger partial charge < -0.3 is 5.73 Å². The summed E-state index contributed by atoms with van der Waals surface area (Å²) in [5.74, 6) is 0.613. The summed E-state index contributed by atoms with van der Waals surface area (Å²) in [6.45, 7) is 4.22. The van der Waals surface area contributed by atoms with Crippen molar-refractivity contribution in [2.45, 2.75) is 25.7 Å². The minimum absolute atomic E-state index is 0.155. The largest absolute Gasteiger partial charge is 0.330 e. The first-order valence-electron chi connectivity index (χ1n) is 7.52. The van der Waals surface area contributed by atoms with E-state index in [1.807, 2.05) is 37.3 Å². The summed E-state index contributed by atoms with van der Waals surface area (Å²) >= 11 is 0. The molecule has 21 heavy (non-hydrogen) atoms. The lowest BCUT2D eigenvalue weighted by Crippen LogP contribution is -2.46. The molecule has 0 spiro atoms. The van der Waals surface area contributed by atoms with Crippen LogP contribution in [0.2, 0.25) is 0 Å². The van der Waals surface area contributed by atoms with Crippen molar-refractivity contribution >= 4 is 10.2 Å². The van der Waals surface area contributed by atoms with E-state index in [2.05, 4.69) is 4.72 Å². The minimum atomic E-state index is -3.38. The summed E-state index contributed by atoms with van der Waals surface area (Å²) in [4.78, 5) is 0. The first-order valence-corrected chi connectivity index (χ1v) is 8.96. The monoisotopic (exact) mass is 311 g/mol. The van der Waals surface area contributed by atoms with Gasteiger partial charge in [0.1, 0.15) is 0 Å². The van der Waals surface area contributed by atoms with Crippen LogP contribution in [0, 0.1) is 5.92 Å². The van der Waals surface area contributed by atoms with Crippen LogP contribution in [-0.4, -0.2) is 38.9 Å². The van der Waals surface area contributed by atoms with E-state index in [0.29, 0.717) is 32.1 Å². The van der Waals surface area contributed by atoms with Gasteiger partial charge in [0, 0.05) is 19.6 Å². The molecule has 0 saturated carbocycles. The molecule has 1 aliphatic heterocycles. The Morgan fingerprint density at radius 2 is 1.90 bits per heavy atom. The molecule has 1 unspecified atom stereocenters. The van der Waals surface area contributed by atoms with Gasteiger partial charge in [0.15, 0.2) is 0 Å². The quantitative estimate of drug-likeness (QED) is 0.831. The zero-order chi connectivity index (χ0) is 15.3. The molecule has 2 rings (SSSR count). The first kappa shape index (κ1) is 16.4. The maximum absolute atomic E-state index is 12.3. The molecule has 0 amide bonds. The van der Waals surface area contributed by atoms with E-state index >= 15 is 0 Å². The van der Waals surface area contributed by atoms with E-state index in [9.17, 15) is 8.42 Å². The fraction of sp³-hybridized carbons (Fsp3) is 0.600. The lowest BCUT2D eigenvalue weighted by molar-refractivity contribution is 0.275. The van der Waals surface area contributed by atoms with Gasteiger partial charge >= 0.3 is 0 Å². The fourth-order valence-electron chi connectivity index (χ4n) is 2.61. The summed E-state index contributed by atoms with van der Waals surface area (Å²) in [7, 11) is -3.38. The fourth-order valence-corrected chi connectivity index (χ4v) is 3.94. The molecule has 3 N–H and O–H groups in total. The Balaban J connectivity index is 1.87. The summed E-state index contributed by atoms with van der Waals surface area (Å²) < 4.78 is 28.9. The summed E-state index contributed by atoms with van der Waals surface area (Å²) in [6.07, 6.45) is 1.71. The third-order valence-corrected chi connectivity index (χ3v) is 5.76. The van der Waals surface area contributed by atoms with Crippen molar-refractivity contribution in [3.63, 3.8) is 0 Å². The number of nitrogens with one attached hydrogen (secondary N) is 1. The average Bonchev–Trinajstić information content (AvgIpc) is 2.53. The highest BCUT2D eigenvalue weighted by molar-refractivity contribution is 7.87. The van der Waals surface area contributed by atoms with E-state index in [1.54, 1.807) is 0 Å². The van der Waals surface area contributed by atoms with E-state index in [1.165, 1.54) is 4.31 Å². The van der Waals surface area contributed by atoms with E-state index < -0.39 is 10.2 Å². The lowest BCUT2D eigenvalue weighted by Gasteiger charge is -2.30.